The molecule has 0 heterocycles. The van der Waals surface area contributed by atoms with E-state index in [2.05, 4.69) is 0 Å². The van der Waals surface area contributed by atoms with Gasteiger partial charge in [-0.05, 0) is 0 Å². The van der Waals surface area contributed by atoms with Gasteiger partial charge in [0.2, 0.25) is 0 Å². The number of hydrogen-bond acceptors (Lipinski definition) is 0. The summed E-state index contributed by atoms with van der Waals surface area (Å²) >= 11 is 0. The van der Waals surface area contributed by atoms with Crippen molar-refractivity contribution in [1.29, 1.82) is 0 Å². The first-order valence-electron chi connectivity index (χ1n) is 1.92. The molecule has 0 amide bonds. The third-order valence-electron chi connectivity index (χ3n) is 0.652. The maximum Gasteiger partial charge on any atom is 2.00 e. The molecule has 0 aliphatic carbocycles. The van der Waals surface area contributed by atoms with Crippen molar-refractivity contribution in [3.63, 3.8) is 0 Å². The Morgan fingerprint density at radius 1 is 0.909 bits per heavy atom. The summed E-state index contributed by atoms with van der Waals surface area (Å²) in [5, 5.41) is 0. The first-order chi connectivity index (χ1) is 4.19. The van der Waals surface area contributed by atoms with Gasteiger partial charge in [-0.25, -0.2) is 8.78 Å². The summed E-state index contributed by atoms with van der Waals surface area (Å²) in [6.07, 6.45) is -10.9. The quantitative estimate of drug-likeness (QED) is 0.462. The molecule has 0 rings (SSSR count). The van der Waals surface area contributed by atoms with Gasteiger partial charge in [0.15, 0.2) is 0 Å². The second-order valence-corrected chi connectivity index (χ2v) is 1.42. The molecule has 66 valence electrons. The van der Waals surface area contributed by atoms with E-state index in [0.717, 1.165) is 0 Å². The van der Waals surface area contributed by atoms with Crippen LogP contribution in [0.2, 0.25) is 0 Å². The third-order valence-corrected chi connectivity index (χ3v) is 0.652. The Balaban J connectivity index is -0.000000135. The fraction of sp³-hybridized carbons (Fsp3) is 1.00. The van der Waals surface area contributed by atoms with E-state index in [9.17, 15) is 30.7 Å². The van der Waals surface area contributed by atoms with E-state index < -0.39 is 18.5 Å². The van der Waals surface area contributed by atoms with Crippen molar-refractivity contribution in [3.05, 3.63) is 0 Å². The molecule has 0 radical (unpaired) electrons. The van der Waals surface area contributed by atoms with Crippen molar-refractivity contribution < 1.29 is 33.6 Å². The molecule has 0 aliphatic heterocycles. The van der Waals surface area contributed by atoms with E-state index in [-0.39, 0.29) is 40.6 Å². The molecule has 0 saturated heterocycles. The first-order valence-corrected chi connectivity index (χ1v) is 1.92. The predicted molar refractivity (Wildman–Crippen MR) is 25.0 cm³/mol. The zero-order valence-corrected chi connectivity index (χ0v) is 7.14. The van der Waals surface area contributed by atoms with E-state index in [4.69, 9.17) is 0 Å². The molecule has 8 heteroatoms. The summed E-state index contributed by atoms with van der Waals surface area (Å²) in [6.45, 7) is 0. The van der Waals surface area contributed by atoms with Gasteiger partial charge in [-0.15, -0.1) is 0 Å². The minimum absolute atomic E-state index is 0. The molecule has 0 fully saturated rings. The van der Waals surface area contributed by atoms with E-state index in [1.54, 1.807) is 0 Å². The molecule has 0 aromatic heterocycles. The average Bonchev–Trinajstić information content (AvgIpc) is 1.62. The number of rotatable bonds is 1. The third kappa shape index (κ3) is 3.33. The molecular formula is C3H3CaF7. The predicted octanol–water partition coefficient (Wildman–Crippen LogP) is 2.29. The van der Waals surface area contributed by atoms with Crippen molar-refractivity contribution in [2.24, 2.45) is 0 Å². The summed E-state index contributed by atoms with van der Waals surface area (Å²) in [5.74, 6) is -5.90. The summed E-state index contributed by atoms with van der Waals surface area (Å²) in [6, 6.07) is 0. The number of alkyl halides is 7. The van der Waals surface area contributed by atoms with Crippen LogP contribution in [0, 0.1) is 0 Å². The Morgan fingerprint density at radius 3 is 1.18 bits per heavy atom. The summed E-state index contributed by atoms with van der Waals surface area (Å²) in [7, 11) is 0. The summed E-state index contributed by atoms with van der Waals surface area (Å²) in [5.41, 5.74) is 0. The van der Waals surface area contributed by atoms with E-state index in [1.807, 2.05) is 0 Å². The van der Waals surface area contributed by atoms with E-state index in [0.29, 0.717) is 0 Å². The van der Waals surface area contributed by atoms with Gasteiger partial charge in [0.05, 0.1) is 0 Å². The second kappa shape index (κ2) is 4.13. The first kappa shape index (κ1) is 14.3. The van der Waals surface area contributed by atoms with E-state index in [1.165, 1.54) is 0 Å². The fourth-order valence-corrected chi connectivity index (χ4v) is 0.124. The molecule has 0 aromatic carbocycles. The molecule has 0 spiro atoms. The van der Waals surface area contributed by atoms with Gasteiger partial charge < -0.3 is 2.85 Å². The van der Waals surface area contributed by atoms with Gasteiger partial charge in [-0.3, -0.25) is 0 Å². The van der Waals surface area contributed by atoms with Crippen LogP contribution >= 0.6 is 0 Å². The molecule has 0 bridgehead atoms. The smallest absolute Gasteiger partial charge is 1.00 e. The summed E-state index contributed by atoms with van der Waals surface area (Å²) in [4.78, 5) is 0. The molecule has 11 heavy (non-hydrogen) atoms. The monoisotopic (exact) mass is 212 g/mol. The molecule has 0 aliphatic rings. The van der Waals surface area contributed by atoms with Crippen molar-refractivity contribution in [2.75, 3.05) is 0 Å². The van der Waals surface area contributed by atoms with Crippen molar-refractivity contribution in [1.82, 2.24) is 0 Å². The van der Waals surface area contributed by atoms with Crippen LogP contribution in [0.1, 0.15) is 2.85 Å². The topological polar surface area (TPSA) is 0 Å². The van der Waals surface area contributed by atoms with Crippen LogP contribution in [0.25, 0.3) is 0 Å². The Hall–Kier alpha value is 0.770. The van der Waals surface area contributed by atoms with E-state index >= 15 is 0 Å². The van der Waals surface area contributed by atoms with Gasteiger partial charge >= 0.3 is 56.3 Å². The molecule has 0 N–H and O–H groups in total. The normalized spacial score (nSPS) is 13.1. The Kier molecular flexibility index (Phi) is 5.37. The Labute approximate surface area is 89.7 Å². The van der Waals surface area contributed by atoms with Gasteiger partial charge in [0.25, 0.3) is 0 Å². The zero-order valence-electron chi connectivity index (χ0n) is 6.93. The van der Waals surface area contributed by atoms with Crippen LogP contribution in [0.4, 0.5) is 30.7 Å². The fourth-order valence-electron chi connectivity index (χ4n) is 0.124. The van der Waals surface area contributed by atoms with Crippen molar-refractivity contribution in [2.45, 2.75) is 18.5 Å². The van der Waals surface area contributed by atoms with Crippen molar-refractivity contribution >= 4 is 37.7 Å². The molecule has 0 atom stereocenters. The molecule has 0 aromatic rings. The van der Waals surface area contributed by atoms with Crippen LogP contribution in [0.5, 0.6) is 0 Å². The van der Waals surface area contributed by atoms with Crippen LogP contribution in [-0.4, -0.2) is 56.3 Å². The Bertz CT molecular complexity index is 123. The maximum atomic E-state index is 11.2. The molecule has 0 unspecified atom stereocenters. The van der Waals surface area contributed by atoms with Gasteiger partial charge in [-0.1, -0.05) is 0 Å². The molecule has 0 nitrogen and oxygen atoms in total. The number of hydrogen-bond donors (Lipinski definition) is 0. The van der Waals surface area contributed by atoms with Gasteiger partial charge in [0.1, 0.15) is 0 Å². The van der Waals surface area contributed by atoms with Crippen LogP contribution in [-0.2, 0) is 0 Å². The van der Waals surface area contributed by atoms with Crippen molar-refractivity contribution in [3.8, 4) is 0 Å². The minimum atomic E-state index is -6.17. The molecular weight excluding hydrogens is 209 g/mol. The minimum Gasteiger partial charge on any atom is -1.00 e. The standard InChI is InChI=1S/C3HF7.Ca.2H/c4-1(5)2(6,7)3(8,9)10;;;/h1H;;;/q;+2;2*-1. The Morgan fingerprint density at radius 2 is 1.18 bits per heavy atom. The summed E-state index contributed by atoms with van der Waals surface area (Å²) < 4.78 is 76.6. The van der Waals surface area contributed by atoms with Crippen LogP contribution in [0.15, 0.2) is 0 Å². The largest absolute Gasteiger partial charge is 2.00 e. The molecule has 0 saturated carbocycles. The number of halogens is 7. The zero-order chi connectivity index (χ0) is 8.58. The average molecular weight is 212 g/mol. The maximum absolute atomic E-state index is 11.2. The second-order valence-electron chi connectivity index (χ2n) is 1.42. The van der Waals surface area contributed by atoms with Gasteiger partial charge in [-0.2, -0.15) is 22.0 Å². The van der Waals surface area contributed by atoms with Gasteiger partial charge in [0, 0.05) is 0 Å². The SMILES string of the molecule is FC(F)C(F)(F)C(F)(F)F.[Ca+2].[H-].[H-]. The van der Waals surface area contributed by atoms with Crippen LogP contribution < -0.4 is 0 Å². The van der Waals surface area contributed by atoms with Crippen LogP contribution in [0.3, 0.4) is 0 Å².